The van der Waals surface area contributed by atoms with Gasteiger partial charge in [-0.1, -0.05) is 39.8 Å². The van der Waals surface area contributed by atoms with Crippen molar-refractivity contribution in [2.45, 2.75) is 78.2 Å². The molecule has 1 aliphatic rings. The number of carbonyl (C=O) groups is 3. The molecular formula is C30H44N4O3S. The number of likely N-dealkylation sites (tertiary alicyclic amines) is 1. The van der Waals surface area contributed by atoms with E-state index in [0.29, 0.717) is 31.4 Å². The Morgan fingerprint density at radius 1 is 1.18 bits per heavy atom. The van der Waals surface area contributed by atoms with E-state index in [9.17, 15) is 14.4 Å². The lowest BCUT2D eigenvalue weighted by atomic mass is 9.91. The highest BCUT2D eigenvalue weighted by atomic mass is 32.1. The van der Waals surface area contributed by atoms with Crippen molar-refractivity contribution in [1.29, 1.82) is 0 Å². The Kier molecular flexibility index (Phi) is 11.5. The standard InChI is InChI=1S/C30H44N4O3S/c1-6-20(3)24(12-13-26(35)21(4)19-34-14-8-9-15-34)33-30(37)23(17-28(36)31-5)18-29-32-25-11-10-22(7-2)16-27(25)38-29/h10-11,16,20,23-24H,4,6-9,12-15,17-19H2,1-3,5H3,(H,31,36)(H,33,37)/t20-,23-,24+/m0/s1. The number of rotatable bonds is 15. The molecule has 2 amide bonds. The Balaban J connectivity index is 1.67. The number of carbonyl (C=O) groups excluding carboxylic acids is 3. The number of amides is 2. The molecule has 0 aliphatic carbocycles. The van der Waals surface area contributed by atoms with Gasteiger partial charge in [-0.2, -0.15) is 0 Å². The number of nitrogens with zero attached hydrogens (tertiary/aromatic N) is 2. The average Bonchev–Trinajstić information content (AvgIpc) is 3.58. The predicted octanol–water partition coefficient (Wildman–Crippen LogP) is 4.69. The lowest BCUT2D eigenvalue weighted by molar-refractivity contribution is -0.131. The lowest BCUT2D eigenvalue weighted by Gasteiger charge is -2.27. The maximum atomic E-state index is 13.5. The monoisotopic (exact) mass is 540 g/mol. The molecule has 2 N–H and O–H groups in total. The molecule has 0 bridgehead atoms. The first-order valence-corrected chi connectivity index (χ1v) is 14.9. The van der Waals surface area contributed by atoms with Crippen molar-refractivity contribution >= 4 is 39.2 Å². The summed E-state index contributed by atoms with van der Waals surface area (Å²) in [4.78, 5) is 45.7. The molecular weight excluding hydrogens is 496 g/mol. The largest absolute Gasteiger partial charge is 0.359 e. The fraction of sp³-hybridized carbons (Fsp3) is 0.600. The SMILES string of the molecule is C=C(CN1CCCC1)C(=O)CC[C@@H](NC(=O)[C@@H](CC(=O)NC)Cc1nc2ccc(CC)cc2s1)[C@@H](C)CC. The number of aromatic nitrogens is 1. The molecule has 1 fully saturated rings. The molecule has 1 aromatic carbocycles. The number of fused-ring (bicyclic) bond motifs is 1. The average molecular weight is 541 g/mol. The Morgan fingerprint density at radius 2 is 1.92 bits per heavy atom. The summed E-state index contributed by atoms with van der Waals surface area (Å²) in [5.74, 6) is -0.589. The number of aryl methyl sites for hydroxylation is 1. The number of hydrogen-bond donors (Lipinski definition) is 2. The van der Waals surface area contributed by atoms with Crippen molar-refractivity contribution in [3.05, 3.63) is 40.9 Å². The molecule has 8 heteroatoms. The molecule has 3 atom stereocenters. The van der Waals surface area contributed by atoms with Gasteiger partial charge in [0.05, 0.1) is 21.1 Å². The zero-order valence-electron chi connectivity index (χ0n) is 23.5. The minimum Gasteiger partial charge on any atom is -0.359 e. The van der Waals surface area contributed by atoms with Crippen molar-refractivity contribution in [2.75, 3.05) is 26.7 Å². The summed E-state index contributed by atoms with van der Waals surface area (Å²) in [5, 5.41) is 6.71. The van der Waals surface area contributed by atoms with Crippen LogP contribution in [0.2, 0.25) is 0 Å². The predicted molar refractivity (Wildman–Crippen MR) is 155 cm³/mol. The second kappa shape index (κ2) is 14.5. The number of Topliss-reactive ketones (excluding diaryl/α,β-unsaturated/α-hetero) is 1. The summed E-state index contributed by atoms with van der Waals surface area (Å²) in [5.41, 5.74) is 2.83. The van der Waals surface area contributed by atoms with Gasteiger partial charge in [0.1, 0.15) is 0 Å². The first kappa shape index (κ1) is 30.0. The third-order valence-electron chi connectivity index (χ3n) is 7.76. The van der Waals surface area contributed by atoms with Gasteiger partial charge >= 0.3 is 0 Å². The Labute approximate surface area is 231 Å². The van der Waals surface area contributed by atoms with E-state index in [1.165, 1.54) is 18.4 Å². The summed E-state index contributed by atoms with van der Waals surface area (Å²) in [6.07, 6.45) is 5.61. The van der Waals surface area contributed by atoms with Gasteiger partial charge < -0.3 is 10.6 Å². The van der Waals surface area contributed by atoms with E-state index in [4.69, 9.17) is 4.98 Å². The van der Waals surface area contributed by atoms with Gasteiger partial charge in [0.25, 0.3) is 0 Å². The van der Waals surface area contributed by atoms with Crippen LogP contribution in [0.3, 0.4) is 0 Å². The van der Waals surface area contributed by atoms with Crippen molar-refractivity contribution < 1.29 is 14.4 Å². The minimum absolute atomic E-state index is 0.0716. The van der Waals surface area contributed by atoms with Crippen molar-refractivity contribution in [2.24, 2.45) is 11.8 Å². The number of nitrogens with one attached hydrogen (secondary N) is 2. The summed E-state index contributed by atoms with van der Waals surface area (Å²) < 4.78 is 1.10. The van der Waals surface area contributed by atoms with Gasteiger partial charge in [0.15, 0.2) is 5.78 Å². The van der Waals surface area contributed by atoms with Crippen LogP contribution in [-0.4, -0.2) is 60.2 Å². The van der Waals surface area contributed by atoms with Crippen molar-refractivity contribution in [3.63, 3.8) is 0 Å². The molecule has 7 nitrogen and oxygen atoms in total. The highest BCUT2D eigenvalue weighted by molar-refractivity contribution is 7.18. The highest BCUT2D eigenvalue weighted by Gasteiger charge is 2.28. The van der Waals surface area contributed by atoms with Gasteiger partial charge in [0, 0.05) is 44.5 Å². The third-order valence-corrected chi connectivity index (χ3v) is 8.80. The van der Waals surface area contributed by atoms with Gasteiger partial charge in [-0.05, 0) is 62.4 Å². The summed E-state index contributed by atoms with van der Waals surface area (Å²) >= 11 is 1.59. The molecule has 1 saturated heterocycles. The van der Waals surface area contributed by atoms with Gasteiger partial charge in [0.2, 0.25) is 11.8 Å². The molecule has 38 heavy (non-hydrogen) atoms. The smallest absolute Gasteiger partial charge is 0.224 e. The van der Waals surface area contributed by atoms with E-state index in [2.05, 4.69) is 55.0 Å². The fourth-order valence-corrected chi connectivity index (χ4v) is 6.08. The molecule has 2 aromatic rings. The van der Waals surface area contributed by atoms with E-state index in [1.807, 2.05) is 6.07 Å². The quantitative estimate of drug-likeness (QED) is 0.320. The number of thiazole rings is 1. The topological polar surface area (TPSA) is 91.4 Å². The maximum absolute atomic E-state index is 13.5. The molecule has 1 aliphatic heterocycles. The minimum atomic E-state index is -0.534. The number of hydrogen-bond acceptors (Lipinski definition) is 6. The first-order chi connectivity index (χ1) is 18.2. The summed E-state index contributed by atoms with van der Waals surface area (Å²) in [7, 11) is 1.59. The zero-order chi connectivity index (χ0) is 27.7. The van der Waals surface area contributed by atoms with E-state index in [-0.39, 0.29) is 36.0 Å². The van der Waals surface area contributed by atoms with E-state index in [1.54, 1.807) is 18.4 Å². The lowest BCUT2D eigenvalue weighted by Crippen LogP contribution is -2.44. The van der Waals surface area contributed by atoms with E-state index in [0.717, 1.165) is 41.2 Å². The molecule has 208 valence electrons. The number of ketones is 1. The van der Waals surface area contributed by atoms with Gasteiger partial charge in [-0.3, -0.25) is 19.3 Å². The molecule has 0 unspecified atom stereocenters. The van der Waals surface area contributed by atoms with E-state index >= 15 is 0 Å². The van der Waals surface area contributed by atoms with Crippen LogP contribution < -0.4 is 10.6 Å². The third kappa shape index (κ3) is 8.46. The summed E-state index contributed by atoms with van der Waals surface area (Å²) in [6.45, 7) is 13.0. The Hall–Kier alpha value is -2.58. The molecule has 0 saturated carbocycles. The maximum Gasteiger partial charge on any atom is 0.224 e. The fourth-order valence-electron chi connectivity index (χ4n) is 4.96. The van der Waals surface area contributed by atoms with Crippen molar-refractivity contribution in [3.8, 4) is 0 Å². The molecule has 2 heterocycles. The molecule has 1 aromatic heterocycles. The highest BCUT2D eigenvalue weighted by Crippen LogP contribution is 2.27. The normalized spacial score (nSPS) is 16.2. The van der Waals surface area contributed by atoms with Crippen LogP contribution in [0.5, 0.6) is 0 Å². The molecule has 0 radical (unpaired) electrons. The van der Waals surface area contributed by atoms with Gasteiger partial charge in [-0.25, -0.2) is 4.98 Å². The zero-order valence-corrected chi connectivity index (χ0v) is 24.3. The van der Waals surface area contributed by atoms with Crippen LogP contribution in [-0.2, 0) is 27.2 Å². The molecule has 0 spiro atoms. The van der Waals surface area contributed by atoms with Crippen LogP contribution in [0.15, 0.2) is 30.4 Å². The van der Waals surface area contributed by atoms with E-state index < -0.39 is 5.92 Å². The van der Waals surface area contributed by atoms with Crippen LogP contribution in [0.25, 0.3) is 10.2 Å². The van der Waals surface area contributed by atoms with Crippen LogP contribution in [0.1, 0.15) is 69.9 Å². The second-order valence-corrected chi connectivity index (χ2v) is 11.7. The molecule has 3 rings (SSSR count). The van der Waals surface area contributed by atoms with Crippen LogP contribution in [0, 0.1) is 11.8 Å². The van der Waals surface area contributed by atoms with Crippen LogP contribution in [0.4, 0.5) is 0 Å². The summed E-state index contributed by atoms with van der Waals surface area (Å²) in [6, 6.07) is 6.11. The Morgan fingerprint density at radius 3 is 2.58 bits per heavy atom. The number of benzene rings is 1. The van der Waals surface area contributed by atoms with Gasteiger partial charge in [-0.15, -0.1) is 11.3 Å². The Bertz CT molecular complexity index is 1120. The van der Waals surface area contributed by atoms with Crippen LogP contribution >= 0.6 is 11.3 Å². The first-order valence-electron chi connectivity index (χ1n) is 14.1. The second-order valence-electron chi connectivity index (χ2n) is 10.6. The van der Waals surface area contributed by atoms with Crippen molar-refractivity contribution in [1.82, 2.24) is 20.5 Å².